The lowest BCUT2D eigenvalue weighted by Gasteiger charge is -2.21. The van der Waals surface area contributed by atoms with Crippen molar-refractivity contribution in [3.8, 4) is 5.75 Å². The first kappa shape index (κ1) is 21.2. The monoisotopic (exact) mass is 410 g/mol. The van der Waals surface area contributed by atoms with Crippen LogP contribution in [-0.2, 0) is 10.0 Å². The summed E-state index contributed by atoms with van der Waals surface area (Å²) >= 11 is 5.81. The van der Waals surface area contributed by atoms with Gasteiger partial charge in [0.1, 0.15) is 12.4 Å². The van der Waals surface area contributed by atoms with Crippen molar-refractivity contribution in [2.75, 3.05) is 20.2 Å². The van der Waals surface area contributed by atoms with Gasteiger partial charge in [0.25, 0.3) is 5.91 Å². The summed E-state index contributed by atoms with van der Waals surface area (Å²) in [4.78, 5) is 12.4. The van der Waals surface area contributed by atoms with Crippen LogP contribution in [0.2, 0.25) is 5.02 Å². The van der Waals surface area contributed by atoms with Crippen LogP contribution >= 0.6 is 11.6 Å². The highest BCUT2D eigenvalue weighted by Gasteiger charge is 2.23. The highest BCUT2D eigenvalue weighted by Crippen LogP contribution is 2.18. The van der Waals surface area contributed by atoms with Crippen LogP contribution in [0.4, 0.5) is 0 Å². The summed E-state index contributed by atoms with van der Waals surface area (Å²) in [5, 5.41) is 3.33. The molecule has 0 heterocycles. The zero-order valence-corrected chi connectivity index (χ0v) is 17.0. The minimum Gasteiger partial charge on any atom is -0.492 e. The first-order valence-electron chi connectivity index (χ1n) is 8.46. The largest absolute Gasteiger partial charge is 0.492 e. The molecule has 146 valence electrons. The van der Waals surface area contributed by atoms with Gasteiger partial charge in [-0.2, -0.15) is 4.31 Å². The third-order valence-corrected chi connectivity index (χ3v) is 6.25. The van der Waals surface area contributed by atoms with Gasteiger partial charge in [0.05, 0.1) is 11.4 Å². The van der Waals surface area contributed by atoms with Gasteiger partial charge in [0.15, 0.2) is 0 Å². The predicted molar refractivity (Wildman–Crippen MR) is 106 cm³/mol. The van der Waals surface area contributed by atoms with Crippen molar-refractivity contribution in [1.82, 2.24) is 9.62 Å². The fraction of sp³-hybridized carbons (Fsp3) is 0.316. The summed E-state index contributed by atoms with van der Waals surface area (Å²) in [5.74, 6) is 0.289. The Hall–Kier alpha value is -2.09. The Kier molecular flexibility index (Phi) is 7.24. The van der Waals surface area contributed by atoms with Crippen LogP contribution in [0.3, 0.4) is 0 Å². The Morgan fingerprint density at radius 2 is 1.85 bits per heavy atom. The number of hydrogen-bond acceptors (Lipinski definition) is 4. The van der Waals surface area contributed by atoms with Gasteiger partial charge in [-0.15, -0.1) is 0 Å². The number of carbonyl (C=O) groups is 1. The highest BCUT2D eigenvalue weighted by atomic mass is 35.5. The standard InChI is InChI=1S/C19H23ClN2O4S/c1-14(2)22(3)27(24,25)18-6-4-5-15(13-18)19(23)21-11-12-26-17-9-7-16(20)8-10-17/h4-10,13-14H,11-12H2,1-3H3,(H,21,23). The maximum atomic E-state index is 12.6. The molecule has 1 amide bonds. The fourth-order valence-electron chi connectivity index (χ4n) is 2.21. The van der Waals surface area contributed by atoms with Crippen LogP contribution in [0.15, 0.2) is 53.4 Å². The summed E-state index contributed by atoms with van der Waals surface area (Å²) in [7, 11) is -2.13. The van der Waals surface area contributed by atoms with Gasteiger partial charge < -0.3 is 10.1 Å². The maximum absolute atomic E-state index is 12.6. The second kappa shape index (κ2) is 9.21. The van der Waals surface area contributed by atoms with Crippen LogP contribution in [0, 0.1) is 0 Å². The molecular weight excluding hydrogens is 388 g/mol. The Balaban J connectivity index is 1.96. The van der Waals surface area contributed by atoms with Crippen molar-refractivity contribution in [3.63, 3.8) is 0 Å². The van der Waals surface area contributed by atoms with Crippen LogP contribution in [0.1, 0.15) is 24.2 Å². The second-order valence-corrected chi connectivity index (χ2v) is 8.64. The van der Waals surface area contributed by atoms with E-state index in [9.17, 15) is 13.2 Å². The molecule has 2 rings (SSSR count). The van der Waals surface area contributed by atoms with Gasteiger partial charge in [-0.3, -0.25) is 4.79 Å². The summed E-state index contributed by atoms with van der Waals surface area (Å²) in [5.41, 5.74) is 0.278. The Morgan fingerprint density at radius 3 is 2.48 bits per heavy atom. The molecule has 0 aliphatic carbocycles. The average molecular weight is 411 g/mol. The summed E-state index contributed by atoms with van der Waals surface area (Å²) in [6.07, 6.45) is 0. The molecular formula is C19H23ClN2O4S. The van der Waals surface area contributed by atoms with Gasteiger partial charge in [0.2, 0.25) is 10.0 Å². The van der Waals surface area contributed by atoms with Crippen molar-refractivity contribution in [3.05, 3.63) is 59.1 Å². The summed E-state index contributed by atoms with van der Waals surface area (Å²) in [6, 6.07) is 12.7. The van der Waals surface area contributed by atoms with Gasteiger partial charge in [0, 0.05) is 23.7 Å². The molecule has 0 radical (unpaired) electrons. The van der Waals surface area contributed by atoms with E-state index in [1.165, 1.54) is 23.5 Å². The average Bonchev–Trinajstić information content (AvgIpc) is 2.65. The zero-order chi connectivity index (χ0) is 20.0. The van der Waals surface area contributed by atoms with E-state index in [-0.39, 0.29) is 35.6 Å². The molecule has 0 saturated carbocycles. The number of benzene rings is 2. The Morgan fingerprint density at radius 1 is 1.19 bits per heavy atom. The second-order valence-electron chi connectivity index (χ2n) is 6.20. The summed E-state index contributed by atoms with van der Waals surface area (Å²) < 4.78 is 31.9. The topological polar surface area (TPSA) is 75.7 Å². The van der Waals surface area contributed by atoms with E-state index in [0.29, 0.717) is 10.8 Å². The number of ether oxygens (including phenoxy) is 1. The minimum absolute atomic E-state index is 0.0868. The third kappa shape index (κ3) is 5.69. The quantitative estimate of drug-likeness (QED) is 0.678. The minimum atomic E-state index is -3.64. The Labute approximate surface area is 165 Å². The molecule has 0 aliphatic rings. The number of rotatable bonds is 8. The lowest BCUT2D eigenvalue weighted by molar-refractivity contribution is 0.0947. The van der Waals surface area contributed by atoms with Crippen molar-refractivity contribution < 1.29 is 17.9 Å². The molecule has 27 heavy (non-hydrogen) atoms. The van der Waals surface area contributed by atoms with E-state index < -0.39 is 10.0 Å². The normalized spacial score (nSPS) is 11.6. The van der Waals surface area contributed by atoms with Crippen LogP contribution < -0.4 is 10.1 Å². The van der Waals surface area contributed by atoms with Gasteiger partial charge in [-0.05, 0) is 56.3 Å². The smallest absolute Gasteiger partial charge is 0.251 e. The number of nitrogens with zero attached hydrogens (tertiary/aromatic N) is 1. The molecule has 8 heteroatoms. The molecule has 0 atom stereocenters. The van der Waals surface area contributed by atoms with Crippen LogP contribution in [0.25, 0.3) is 0 Å². The molecule has 0 unspecified atom stereocenters. The number of halogens is 1. The number of carbonyl (C=O) groups excluding carboxylic acids is 1. The van der Waals surface area contributed by atoms with E-state index in [1.54, 1.807) is 50.2 Å². The molecule has 0 aromatic heterocycles. The molecule has 2 aromatic carbocycles. The van der Waals surface area contributed by atoms with Crippen molar-refractivity contribution >= 4 is 27.5 Å². The molecule has 6 nitrogen and oxygen atoms in total. The summed E-state index contributed by atoms with van der Waals surface area (Å²) in [6.45, 7) is 4.13. The molecule has 0 spiro atoms. The zero-order valence-electron chi connectivity index (χ0n) is 15.5. The van der Waals surface area contributed by atoms with Gasteiger partial charge >= 0.3 is 0 Å². The first-order valence-corrected chi connectivity index (χ1v) is 10.3. The van der Waals surface area contributed by atoms with Crippen LogP contribution in [-0.4, -0.2) is 44.9 Å². The molecule has 2 aromatic rings. The third-order valence-electron chi connectivity index (χ3n) is 3.97. The number of hydrogen-bond donors (Lipinski definition) is 1. The number of nitrogens with one attached hydrogen (secondary N) is 1. The number of amides is 1. The fourth-order valence-corrected chi connectivity index (χ4v) is 3.75. The van der Waals surface area contributed by atoms with Gasteiger partial charge in [-0.25, -0.2) is 8.42 Å². The van der Waals surface area contributed by atoms with Crippen LogP contribution in [0.5, 0.6) is 5.75 Å². The Bertz CT molecular complexity index is 883. The lowest BCUT2D eigenvalue weighted by atomic mass is 10.2. The van der Waals surface area contributed by atoms with E-state index >= 15 is 0 Å². The lowest BCUT2D eigenvalue weighted by Crippen LogP contribution is -2.33. The maximum Gasteiger partial charge on any atom is 0.251 e. The molecule has 1 N–H and O–H groups in total. The SMILES string of the molecule is CC(C)N(C)S(=O)(=O)c1cccc(C(=O)NCCOc2ccc(Cl)cc2)c1. The highest BCUT2D eigenvalue weighted by molar-refractivity contribution is 7.89. The molecule has 0 bridgehead atoms. The predicted octanol–water partition coefficient (Wildman–Crippen LogP) is 3.18. The van der Waals surface area contributed by atoms with E-state index in [2.05, 4.69) is 5.32 Å². The van der Waals surface area contributed by atoms with E-state index in [0.717, 1.165) is 0 Å². The van der Waals surface area contributed by atoms with Crippen molar-refractivity contribution in [2.24, 2.45) is 0 Å². The van der Waals surface area contributed by atoms with E-state index in [1.807, 2.05) is 0 Å². The molecule has 0 aliphatic heterocycles. The molecule has 0 fully saturated rings. The first-order chi connectivity index (χ1) is 12.7. The van der Waals surface area contributed by atoms with E-state index in [4.69, 9.17) is 16.3 Å². The van der Waals surface area contributed by atoms with Gasteiger partial charge in [-0.1, -0.05) is 17.7 Å². The molecule has 0 saturated heterocycles. The van der Waals surface area contributed by atoms with Crippen molar-refractivity contribution in [1.29, 1.82) is 0 Å². The number of sulfonamides is 1. The van der Waals surface area contributed by atoms with Crippen molar-refractivity contribution in [2.45, 2.75) is 24.8 Å².